The van der Waals surface area contributed by atoms with E-state index in [4.69, 9.17) is 0 Å². The Morgan fingerprint density at radius 1 is 0.909 bits per heavy atom. The van der Waals surface area contributed by atoms with Gasteiger partial charge in [0.05, 0.1) is 12.2 Å². The molecule has 168 valence electrons. The van der Waals surface area contributed by atoms with Crippen LogP contribution < -0.4 is 9.80 Å². The molecule has 0 bridgehead atoms. The minimum atomic E-state index is -4.16. The molecule has 33 heavy (non-hydrogen) atoms. The lowest BCUT2D eigenvalue weighted by Gasteiger charge is -2.32. The lowest BCUT2D eigenvalue weighted by Crippen LogP contribution is -2.54. The Balaban J connectivity index is 1.71. The number of hydrogen-bond donors (Lipinski definition) is 0. The molecule has 0 saturated carbocycles. The first kappa shape index (κ1) is 21.4. The zero-order valence-corrected chi connectivity index (χ0v) is 19.3. The van der Waals surface area contributed by atoms with Crippen molar-refractivity contribution in [2.45, 2.75) is 31.7 Å². The molecule has 0 unspecified atom stereocenters. The highest BCUT2D eigenvalue weighted by Gasteiger charge is 2.69. The number of carbonyl (C=O) groups excluding carboxylic acids is 2. The maximum absolute atomic E-state index is 14.1. The molecule has 1 spiro atoms. The van der Waals surface area contributed by atoms with Gasteiger partial charge in [-0.2, -0.15) is 0 Å². The molecule has 3 aromatic rings. The van der Waals surface area contributed by atoms with Crippen LogP contribution in [0.2, 0.25) is 0 Å². The van der Waals surface area contributed by atoms with Gasteiger partial charge >= 0.3 is 0 Å². The highest BCUT2D eigenvalue weighted by Crippen LogP contribution is 2.52. The molecule has 1 atom stereocenters. The minimum absolute atomic E-state index is 0.214. The second-order valence-corrected chi connectivity index (χ2v) is 10.7. The van der Waals surface area contributed by atoms with Crippen molar-refractivity contribution in [1.82, 2.24) is 0 Å². The average molecular weight is 461 g/mol. The zero-order chi connectivity index (χ0) is 23.4. The third-order valence-electron chi connectivity index (χ3n) is 6.45. The number of fused-ring (bicyclic) bond motifs is 2. The van der Waals surface area contributed by atoms with E-state index in [1.807, 2.05) is 50.2 Å². The maximum atomic E-state index is 14.1. The molecule has 1 fully saturated rings. The van der Waals surface area contributed by atoms with Crippen molar-refractivity contribution in [3.8, 4) is 0 Å². The summed E-state index contributed by atoms with van der Waals surface area (Å²) in [4.78, 5) is 27.8. The maximum Gasteiger partial charge on any atom is 0.274 e. The lowest BCUT2D eigenvalue weighted by molar-refractivity contribution is -0.123. The molecule has 2 aliphatic rings. The molecular weight excluding hydrogens is 436 g/mol. The first-order valence-electron chi connectivity index (χ1n) is 10.9. The number of aryl methyl sites for hydroxylation is 2. The van der Waals surface area contributed by atoms with Crippen LogP contribution in [-0.2, 0) is 37.3 Å². The van der Waals surface area contributed by atoms with Gasteiger partial charge in [-0.3, -0.25) is 14.5 Å². The predicted octanol–water partition coefficient (Wildman–Crippen LogP) is 3.72. The predicted molar refractivity (Wildman–Crippen MR) is 128 cm³/mol. The van der Waals surface area contributed by atoms with Gasteiger partial charge in [0, 0.05) is 11.3 Å². The Morgan fingerprint density at radius 3 is 2.33 bits per heavy atom. The molecule has 2 heterocycles. The molecule has 7 heteroatoms. The third-order valence-corrected chi connectivity index (χ3v) is 8.55. The van der Waals surface area contributed by atoms with Gasteiger partial charge in [-0.15, -0.1) is 0 Å². The number of para-hydroxylation sites is 1. The Morgan fingerprint density at radius 2 is 1.64 bits per heavy atom. The van der Waals surface area contributed by atoms with Gasteiger partial charge in [-0.05, 0) is 42.7 Å². The summed E-state index contributed by atoms with van der Waals surface area (Å²) >= 11 is 0. The van der Waals surface area contributed by atoms with Gasteiger partial charge in [-0.25, -0.2) is 8.42 Å². The summed E-state index contributed by atoms with van der Waals surface area (Å²) in [5.74, 6) is -1.92. The third kappa shape index (κ3) is 3.03. The van der Waals surface area contributed by atoms with E-state index in [1.54, 1.807) is 36.4 Å². The SMILES string of the molecule is CCc1ccc(N2C(=O)CS(=O)(=O)[C@]23C(=O)N(Cc2cccc(C)c2)c2ccccc23)cc1. The average Bonchev–Trinajstić information content (AvgIpc) is 3.17. The standard InChI is InChI=1S/C26H24N2O4S/c1-3-19-11-13-21(14-12-19)28-24(29)17-33(31,32)26(28)22-9-4-5-10-23(22)27(25(26)30)16-20-8-6-7-18(2)15-20/h4-15H,3,16-17H2,1-2H3/t26-/m1/s1. The van der Waals surface area contributed by atoms with Crippen LogP contribution in [0.3, 0.4) is 0 Å². The second kappa shape index (κ2) is 7.56. The van der Waals surface area contributed by atoms with Crippen molar-refractivity contribution in [2.24, 2.45) is 0 Å². The van der Waals surface area contributed by atoms with Gasteiger partial charge in [-0.1, -0.05) is 67.1 Å². The van der Waals surface area contributed by atoms with E-state index in [9.17, 15) is 18.0 Å². The molecule has 5 rings (SSSR count). The van der Waals surface area contributed by atoms with Crippen LogP contribution in [-0.4, -0.2) is 26.0 Å². The molecule has 0 aliphatic carbocycles. The molecule has 6 nitrogen and oxygen atoms in total. The first-order valence-corrected chi connectivity index (χ1v) is 12.6. The lowest BCUT2D eigenvalue weighted by atomic mass is 10.0. The molecule has 0 radical (unpaired) electrons. The summed E-state index contributed by atoms with van der Waals surface area (Å²) in [6, 6.07) is 21.8. The van der Waals surface area contributed by atoms with E-state index < -0.39 is 32.3 Å². The van der Waals surface area contributed by atoms with Crippen LogP contribution in [0, 0.1) is 6.92 Å². The molecule has 3 aromatic carbocycles. The largest absolute Gasteiger partial charge is 0.304 e. The molecule has 0 N–H and O–H groups in total. The Labute approximate surface area is 193 Å². The molecule has 2 amide bonds. The van der Waals surface area contributed by atoms with E-state index in [2.05, 4.69) is 0 Å². The Hall–Kier alpha value is -3.45. The van der Waals surface area contributed by atoms with Crippen LogP contribution in [0.1, 0.15) is 29.2 Å². The van der Waals surface area contributed by atoms with Crippen molar-refractivity contribution in [3.63, 3.8) is 0 Å². The molecule has 2 aliphatic heterocycles. The van der Waals surface area contributed by atoms with Gasteiger partial charge in [0.1, 0.15) is 5.75 Å². The zero-order valence-electron chi connectivity index (χ0n) is 18.5. The number of amides is 2. The summed E-state index contributed by atoms with van der Waals surface area (Å²) in [7, 11) is -4.16. The molecular formula is C26H24N2O4S. The van der Waals surface area contributed by atoms with E-state index >= 15 is 0 Å². The normalized spacial score (nSPS) is 21.2. The highest BCUT2D eigenvalue weighted by atomic mass is 32.2. The number of nitrogens with zero attached hydrogens (tertiary/aromatic N) is 2. The number of sulfone groups is 1. The first-order chi connectivity index (χ1) is 15.8. The number of hydrogen-bond acceptors (Lipinski definition) is 4. The monoisotopic (exact) mass is 460 g/mol. The van der Waals surface area contributed by atoms with Gasteiger partial charge in [0.2, 0.25) is 5.91 Å². The fourth-order valence-electron chi connectivity index (χ4n) is 4.92. The van der Waals surface area contributed by atoms with E-state index in [0.29, 0.717) is 16.9 Å². The summed E-state index contributed by atoms with van der Waals surface area (Å²) in [6.07, 6.45) is 0.809. The topological polar surface area (TPSA) is 74.8 Å². The van der Waals surface area contributed by atoms with Crippen molar-refractivity contribution in [3.05, 3.63) is 95.1 Å². The Kier molecular flexibility index (Phi) is 4.90. The van der Waals surface area contributed by atoms with Crippen LogP contribution >= 0.6 is 0 Å². The van der Waals surface area contributed by atoms with Crippen molar-refractivity contribution >= 4 is 33.0 Å². The number of rotatable bonds is 4. The van der Waals surface area contributed by atoms with Gasteiger partial charge < -0.3 is 4.90 Å². The molecule has 1 saturated heterocycles. The fourth-order valence-corrected chi connectivity index (χ4v) is 6.95. The number of anilines is 2. The highest BCUT2D eigenvalue weighted by molar-refractivity contribution is 7.94. The van der Waals surface area contributed by atoms with E-state index in [1.165, 1.54) is 9.80 Å². The van der Waals surface area contributed by atoms with Crippen LogP contribution in [0.5, 0.6) is 0 Å². The fraction of sp³-hybridized carbons (Fsp3) is 0.231. The summed E-state index contributed by atoms with van der Waals surface area (Å²) in [6.45, 7) is 4.19. The summed E-state index contributed by atoms with van der Waals surface area (Å²) < 4.78 is 27.2. The summed E-state index contributed by atoms with van der Waals surface area (Å²) in [5, 5.41) is 0. The second-order valence-electron chi connectivity index (χ2n) is 8.55. The number of carbonyl (C=O) groups is 2. The smallest absolute Gasteiger partial charge is 0.274 e. The quantitative estimate of drug-likeness (QED) is 0.595. The summed E-state index contributed by atoms with van der Waals surface area (Å²) in [5.41, 5.74) is 4.23. The van der Waals surface area contributed by atoms with Crippen LogP contribution in [0.15, 0.2) is 72.8 Å². The van der Waals surface area contributed by atoms with Gasteiger partial charge in [0.15, 0.2) is 9.84 Å². The van der Waals surface area contributed by atoms with Gasteiger partial charge in [0.25, 0.3) is 10.8 Å². The molecule has 0 aromatic heterocycles. The van der Waals surface area contributed by atoms with E-state index in [-0.39, 0.29) is 6.54 Å². The van der Waals surface area contributed by atoms with Crippen molar-refractivity contribution in [1.29, 1.82) is 0 Å². The number of benzene rings is 3. The Bertz CT molecular complexity index is 1380. The van der Waals surface area contributed by atoms with Crippen molar-refractivity contribution in [2.75, 3.05) is 15.6 Å². The van der Waals surface area contributed by atoms with Crippen LogP contribution in [0.4, 0.5) is 11.4 Å². The van der Waals surface area contributed by atoms with Crippen LogP contribution in [0.25, 0.3) is 0 Å². The minimum Gasteiger partial charge on any atom is -0.304 e. The van der Waals surface area contributed by atoms with Crippen molar-refractivity contribution < 1.29 is 18.0 Å². The van der Waals surface area contributed by atoms with E-state index in [0.717, 1.165) is 23.1 Å².